The molecule has 9 heteroatoms. The van der Waals surface area contributed by atoms with Crippen LogP contribution >= 0.6 is 35.0 Å². The van der Waals surface area contributed by atoms with Gasteiger partial charge < -0.3 is 4.74 Å². The van der Waals surface area contributed by atoms with Crippen LogP contribution in [0.4, 0.5) is 0 Å². The monoisotopic (exact) mass is 412 g/mol. The Balaban J connectivity index is 1.90. The number of ether oxygens (including phenoxy) is 1. The van der Waals surface area contributed by atoms with Crippen LogP contribution in [0.25, 0.3) is 0 Å². The van der Waals surface area contributed by atoms with Gasteiger partial charge in [0.15, 0.2) is 10.9 Å². The molecular weight excluding hydrogens is 395 g/mol. The summed E-state index contributed by atoms with van der Waals surface area (Å²) in [6.45, 7) is 6.08. The maximum atomic E-state index is 11.9. The van der Waals surface area contributed by atoms with Gasteiger partial charge in [-0.25, -0.2) is 15.4 Å². The number of thioether (sulfide) groups is 1. The number of aryl methyl sites for hydroxylation is 2. The zero-order valence-electron chi connectivity index (χ0n) is 14.5. The van der Waals surface area contributed by atoms with Crippen LogP contribution in [-0.4, -0.2) is 34.4 Å². The van der Waals surface area contributed by atoms with Gasteiger partial charge in [-0.2, -0.15) is 5.10 Å². The Morgan fingerprint density at radius 1 is 1.23 bits per heavy atom. The van der Waals surface area contributed by atoms with Crippen molar-refractivity contribution in [3.05, 3.63) is 45.2 Å². The third kappa shape index (κ3) is 6.16. The standard InChI is InChI=1S/C17H18Cl2N4O2S/c1-4-25-16-13(18)6-12(7-14(16)19)8-20-23-15(24)9-26-17-21-10(2)5-11(3)22-17/h5-8H,4,9H2,1-3H3,(H,23,24)/b20-8-. The van der Waals surface area contributed by atoms with Gasteiger partial charge >= 0.3 is 0 Å². The van der Waals surface area contributed by atoms with E-state index in [-0.39, 0.29) is 11.7 Å². The summed E-state index contributed by atoms with van der Waals surface area (Å²) in [4.78, 5) is 20.4. The largest absolute Gasteiger partial charge is 0.491 e. The van der Waals surface area contributed by atoms with E-state index in [1.807, 2.05) is 26.8 Å². The van der Waals surface area contributed by atoms with Crippen molar-refractivity contribution in [3.63, 3.8) is 0 Å². The van der Waals surface area contributed by atoms with Crippen molar-refractivity contribution in [2.75, 3.05) is 12.4 Å². The number of hydrogen-bond donors (Lipinski definition) is 1. The normalized spacial score (nSPS) is 11.0. The number of carbonyl (C=O) groups excluding carboxylic acids is 1. The van der Waals surface area contributed by atoms with E-state index in [9.17, 15) is 4.79 Å². The molecule has 0 fully saturated rings. The highest BCUT2D eigenvalue weighted by Crippen LogP contribution is 2.33. The average molecular weight is 413 g/mol. The molecule has 0 aliphatic heterocycles. The first-order valence-corrected chi connectivity index (χ1v) is 9.52. The van der Waals surface area contributed by atoms with Crippen molar-refractivity contribution in [3.8, 4) is 5.75 Å². The van der Waals surface area contributed by atoms with E-state index in [4.69, 9.17) is 27.9 Å². The molecule has 6 nitrogen and oxygen atoms in total. The second-order valence-corrected chi connectivity index (χ2v) is 7.02. The van der Waals surface area contributed by atoms with Gasteiger partial charge in [0.2, 0.25) is 0 Å². The fourth-order valence-corrected chi connectivity index (χ4v) is 3.39. The summed E-state index contributed by atoms with van der Waals surface area (Å²) in [6, 6.07) is 5.19. The summed E-state index contributed by atoms with van der Waals surface area (Å²) in [6.07, 6.45) is 1.46. The number of benzene rings is 1. The Labute approximate surface area is 166 Å². The molecule has 1 amide bonds. The predicted molar refractivity (Wildman–Crippen MR) is 106 cm³/mol. The lowest BCUT2D eigenvalue weighted by atomic mass is 10.2. The molecule has 2 rings (SSSR count). The van der Waals surface area contributed by atoms with Crippen LogP contribution in [0, 0.1) is 13.8 Å². The topological polar surface area (TPSA) is 76.5 Å². The molecule has 0 spiro atoms. The zero-order valence-corrected chi connectivity index (χ0v) is 16.9. The van der Waals surface area contributed by atoms with Crippen molar-refractivity contribution in [1.82, 2.24) is 15.4 Å². The van der Waals surface area contributed by atoms with Crippen molar-refractivity contribution in [2.45, 2.75) is 25.9 Å². The van der Waals surface area contributed by atoms with Gasteiger partial charge in [-0.15, -0.1) is 0 Å². The highest BCUT2D eigenvalue weighted by atomic mass is 35.5. The average Bonchev–Trinajstić information content (AvgIpc) is 2.55. The smallest absolute Gasteiger partial charge is 0.250 e. The zero-order chi connectivity index (χ0) is 19.1. The molecule has 0 atom stereocenters. The number of hydrogen-bond acceptors (Lipinski definition) is 6. The summed E-state index contributed by atoms with van der Waals surface area (Å²) in [5.41, 5.74) is 4.82. The third-order valence-corrected chi connectivity index (χ3v) is 4.42. The molecule has 0 radical (unpaired) electrons. The van der Waals surface area contributed by atoms with Crippen LogP contribution in [0.3, 0.4) is 0 Å². The molecule has 1 aromatic heterocycles. The van der Waals surface area contributed by atoms with Crippen LogP contribution in [0.2, 0.25) is 10.0 Å². The first-order valence-electron chi connectivity index (χ1n) is 7.78. The van der Waals surface area contributed by atoms with E-state index >= 15 is 0 Å². The molecule has 138 valence electrons. The van der Waals surface area contributed by atoms with Crippen molar-refractivity contribution in [2.24, 2.45) is 5.10 Å². The van der Waals surface area contributed by atoms with Gasteiger partial charge in [0.1, 0.15) is 0 Å². The van der Waals surface area contributed by atoms with Crippen molar-refractivity contribution < 1.29 is 9.53 Å². The lowest BCUT2D eigenvalue weighted by Gasteiger charge is -2.08. The lowest BCUT2D eigenvalue weighted by Crippen LogP contribution is -2.19. The number of nitrogens with zero attached hydrogens (tertiary/aromatic N) is 3. The molecule has 0 unspecified atom stereocenters. The first-order chi connectivity index (χ1) is 12.4. The minimum absolute atomic E-state index is 0.158. The molecule has 0 aliphatic carbocycles. The molecule has 0 saturated heterocycles. The van der Waals surface area contributed by atoms with Crippen LogP contribution in [-0.2, 0) is 4.79 Å². The highest BCUT2D eigenvalue weighted by molar-refractivity contribution is 7.99. The SMILES string of the molecule is CCOc1c(Cl)cc(/C=N\NC(=O)CSc2nc(C)cc(C)n2)cc1Cl. The van der Waals surface area contributed by atoms with E-state index in [1.165, 1.54) is 18.0 Å². The summed E-state index contributed by atoms with van der Waals surface area (Å²) in [5.74, 6) is 0.324. The molecule has 0 bridgehead atoms. The quantitative estimate of drug-likeness (QED) is 0.321. The van der Waals surface area contributed by atoms with Crippen molar-refractivity contribution in [1.29, 1.82) is 0 Å². The number of nitrogens with one attached hydrogen (secondary N) is 1. The molecule has 1 aromatic carbocycles. The maximum Gasteiger partial charge on any atom is 0.250 e. The molecular formula is C17H18Cl2N4O2S. The van der Waals surface area contributed by atoms with E-state index in [0.29, 0.717) is 33.1 Å². The first kappa shape index (κ1) is 20.5. The number of carbonyl (C=O) groups is 1. The van der Waals surface area contributed by atoms with E-state index in [0.717, 1.165) is 11.4 Å². The Morgan fingerprint density at radius 3 is 2.42 bits per heavy atom. The molecule has 0 saturated carbocycles. The van der Waals surface area contributed by atoms with E-state index < -0.39 is 0 Å². The van der Waals surface area contributed by atoms with Crippen LogP contribution < -0.4 is 10.2 Å². The van der Waals surface area contributed by atoms with Crippen molar-refractivity contribution >= 4 is 47.1 Å². The Kier molecular flexibility index (Phi) is 7.68. The second-order valence-electron chi connectivity index (χ2n) is 5.26. The van der Waals surface area contributed by atoms with Crippen LogP contribution in [0.5, 0.6) is 5.75 Å². The van der Waals surface area contributed by atoms with Gasteiger partial charge in [-0.3, -0.25) is 4.79 Å². The summed E-state index contributed by atoms with van der Waals surface area (Å²) < 4.78 is 5.36. The number of amides is 1. The van der Waals surface area contributed by atoms with Gasteiger partial charge in [0.25, 0.3) is 5.91 Å². The van der Waals surface area contributed by atoms with E-state index in [1.54, 1.807) is 12.1 Å². The minimum atomic E-state index is -0.267. The molecule has 1 N–H and O–H groups in total. The fourth-order valence-electron chi connectivity index (χ4n) is 2.04. The highest BCUT2D eigenvalue weighted by Gasteiger charge is 2.09. The number of rotatable bonds is 7. The Morgan fingerprint density at radius 2 is 1.85 bits per heavy atom. The maximum absolute atomic E-state index is 11.9. The Hall–Kier alpha value is -1.83. The molecule has 0 aliphatic rings. The van der Waals surface area contributed by atoms with E-state index in [2.05, 4.69) is 20.5 Å². The van der Waals surface area contributed by atoms with Gasteiger partial charge in [0, 0.05) is 11.4 Å². The summed E-state index contributed by atoms with van der Waals surface area (Å²) in [7, 11) is 0. The number of hydrazone groups is 1. The van der Waals surface area contributed by atoms with Gasteiger partial charge in [-0.1, -0.05) is 35.0 Å². The lowest BCUT2D eigenvalue weighted by molar-refractivity contribution is -0.118. The second kappa shape index (κ2) is 9.75. The minimum Gasteiger partial charge on any atom is -0.491 e. The molecule has 26 heavy (non-hydrogen) atoms. The molecule has 1 heterocycles. The predicted octanol–water partition coefficient (Wildman–Crippen LogP) is 4.04. The number of halogens is 2. The Bertz CT molecular complexity index is 787. The molecule has 2 aromatic rings. The summed E-state index contributed by atoms with van der Waals surface area (Å²) >= 11 is 13.5. The fraction of sp³-hybridized carbons (Fsp3) is 0.294. The van der Waals surface area contributed by atoms with Crippen LogP contribution in [0.1, 0.15) is 23.9 Å². The van der Waals surface area contributed by atoms with Gasteiger partial charge in [0.05, 0.1) is 28.6 Å². The third-order valence-electron chi connectivity index (χ3n) is 3.01. The summed E-state index contributed by atoms with van der Waals surface area (Å²) in [5, 5.41) is 5.24. The van der Waals surface area contributed by atoms with Crippen LogP contribution in [0.15, 0.2) is 28.5 Å². The van der Waals surface area contributed by atoms with Gasteiger partial charge in [-0.05, 0) is 44.5 Å². The number of aromatic nitrogens is 2.